The molecule has 0 aliphatic heterocycles. The standard InChI is InChI=1S/C19H12ClF2N5O3/c1-10(28)24-16-7-13(4-5-14(16)21)27-19(30)26(18(29)17(8-23)25-27)9-11-2-3-12(20)6-15(11)22/h2-7H,9H2,1H3,(H,24,28). The lowest BCUT2D eigenvalue weighted by molar-refractivity contribution is -0.114. The molecule has 3 aromatic rings. The maximum atomic E-state index is 14.2. The van der Waals surface area contributed by atoms with Crippen molar-refractivity contribution in [2.75, 3.05) is 5.32 Å². The van der Waals surface area contributed by atoms with Gasteiger partial charge in [0.05, 0.1) is 17.9 Å². The highest BCUT2D eigenvalue weighted by molar-refractivity contribution is 6.30. The lowest BCUT2D eigenvalue weighted by atomic mass is 10.2. The molecule has 1 amide bonds. The van der Waals surface area contributed by atoms with E-state index in [9.17, 15) is 28.4 Å². The van der Waals surface area contributed by atoms with Gasteiger partial charge >= 0.3 is 5.69 Å². The monoisotopic (exact) mass is 431 g/mol. The Morgan fingerprint density at radius 3 is 2.57 bits per heavy atom. The predicted molar refractivity (Wildman–Crippen MR) is 104 cm³/mol. The van der Waals surface area contributed by atoms with Crippen molar-refractivity contribution in [1.82, 2.24) is 14.3 Å². The van der Waals surface area contributed by atoms with Crippen molar-refractivity contribution in [3.63, 3.8) is 0 Å². The third-order valence-corrected chi connectivity index (χ3v) is 4.25. The summed E-state index contributed by atoms with van der Waals surface area (Å²) >= 11 is 5.71. The molecule has 2 aromatic carbocycles. The molecule has 0 bridgehead atoms. The molecule has 0 atom stereocenters. The van der Waals surface area contributed by atoms with Crippen LogP contribution in [0.3, 0.4) is 0 Å². The number of carbonyl (C=O) groups is 1. The summed E-state index contributed by atoms with van der Waals surface area (Å²) in [4.78, 5) is 36.6. The van der Waals surface area contributed by atoms with Crippen LogP contribution in [0.4, 0.5) is 14.5 Å². The maximum absolute atomic E-state index is 14.2. The Hall–Kier alpha value is -3.84. The molecular weight excluding hydrogens is 420 g/mol. The van der Waals surface area contributed by atoms with Gasteiger partial charge in [0.2, 0.25) is 11.6 Å². The minimum atomic E-state index is -1.02. The lowest BCUT2D eigenvalue weighted by Crippen LogP contribution is -2.42. The molecule has 3 rings (SSSR count). The van der Waals surface area contributed by atoms with Gasteiger partial charge in [0.25, 0.3) is 5.56 Å². The molecule has 0 fully saturated rings. The third kappa shape index (κ3) is 4.11. The fourth-order valence-electron chi connectivity index (χ4n) is 2.64. The molecule has 0 saturated carbocycles. The van der Waals surface area contributed by atoms with Crippen LogP contribution in [0.15, 0.2) is 46.0 Å². The van der Waals surface area contributed by atoms with Crippen molar-refractivity contribution in [3.8, 4) is 11.8 Å². The molecule has 1 heterocycles. The molecule has 1 aromatic heterocycles. The number of aromatic nitrogens is 3. The highest BCUT2D eigenvalue weighted by Gasteiger charge is 2.17. The van der Waals surface area contributed by atoms with E-state index in [0.717, 1.165) is 18.2 Å². The highest BCUT2D eigenvalue weighted by Crippen LogP contribution is 2.18. The van der Waals surface area contributed by atoms with E-state index in [0.29, 0.717) is 9.25 Å². The summed E-state index contributed by atoms with van der Waals surface area (Å²) in [6.45, 7) is 0.683. The lowest BCUT2D eigenvalue weighted by Gasteiger charge is -2.12. The average molecular weight is 432 g/mol. The molecule has 0 aliphatic rings. The Labute approximate surface area is 172 Å². The molecule has 0 spiro atoms. The molecule has 11 heteroatoms. The zero-order valence-electron chi connectivity index (χ0n) is 15.3. The molecule has 0 aliphatic carbocycles. The number of benzene rings is 2. The molecule has 0 radical (unpaired) electrons. The van der Waals surface area contributed by atoms with Gasteiger partial charge in [-0.1, -0.05) is 17.7 Å². The van der Waals surface area contributed by atoms with Gasteiger partial charge in [0.15, 0.2) is 0 Å². The fraction of sp³-hybridized carbons (Fsp3) is 0.105. The SMILES string of the molecule is CC(=O)Nc1cc(-n2nc(C#N)c(=O)n(Cc3ccc(Cl)cc3F)c2=O)ccc1F. The second kappa shape index (κ2) is 8.26. The molecule has 1 N–H and O–H groups in total. The number of rotatable bonds is 4. The summed E-state index contributed by atoms with van der Waals surface area (Å²) in [6, 6.07) is 8.55. The topological polar surface area (TPSA) is 110 Å². The molecule has 8 nitrogen and oxygen atoms in total. The first kappa shape index (κ1) is 20.9. The highest BCUT2D eigenvalue weighted by atomic mass is 35.5. The quantitative estimate of drug-likeness (QED) is 0.681. The van der Waals surface area contributed by atoms with Gasteiger partial charge in [-0.3, -0.25) is 14.2 Å². The molecule has 0 unspecified atom stereocenters. The number of carbonyl (C=O) groups excluding carboxylic acids is 1. The number of hydrogen-bond acceptors (Lipinski definition) is 5. The van der Waals surface area contributed by atoms with Crippen LogP contribution in [0, 0.1) is 23.0 Å². The van der Waals surface area contributed by atoms with Gasteiger partial charge in [-0.15, -0.1) is 5.10 Å². The van der Waals surface area contributed by atoms with Crippen LogP contribution in [0.25, 0.3) is 5.69 Å². The van der Waals surface area contributed by atoms with Crippen LogP contribution in [0.5, 0.6) is 0 Å². The van der Waals surface area contributed by atoms with Crippen molar-refractivity contribution in [2.45, 2.75) is 13.5 Å². The molecule has 0 saturated heterocycles. The Kier molecular flexibility index (Phi) is 5.75. The second-order valence-corrected chi connectivity index (χ2v) is 6.56. The van der Waals surface area contributed by atoms with Gasteiger partial charge in [-0.05, 0) is 30.3 Å². The Bertz CT molecular complexity index is 1330. The van der Waals surface area contributed by atoms with E-state index in [1.54, 1.807) is 6.07 Å². The third-order valence-electron chi connectivity index (χ3n) is 4.01. The minimum absolute atomic E-state index is 0.0155. The van der Waals surface area contributed by atoms with Gasteiger partial charge in [-0.25, -0.2) is 13.6 Å². The summed E-state index contributed by atoms with van der Waals surface area (Å²) in [5.74, 6) is -2.06. The molecular formula is C19H12ClF2N5O3. The number of nitrogens with one attached hydrogen (secondary N) is 1. The summed E-state index contributed by atoms with van der Waals surface area (Å²) < 4.78 is 29.4. The van der Waals surface area contributed by atoms with E-state index < -0.39 is 41.0 Å². The first-order valence-electron chi connectivity index (χ1n) is 8.37. The van der Waals surface area contributed by atoms with Crippen LogP contribution in [0.2, 0.25) is 5.02 Å². The predicted octanol–water partition coefficient (Wildman–Crippen LogP) is 2.20. The van der Waals surface area contributed by atoms with E-state index in [4.69, 9.17) is 11.6 Å². The van der Waals surface area contributed by atoms with Crippen LogP contribution >= 0.6 is 11.6 Å². The number of halogens is 3. The zero-order valence-corrected chi connectivity index (χ0v) is 16.1. The van der Waals surface area contributed by atoms with E-state index in [-0.39, 0.29) is 22.0 Å². The maximum Gasteiger partial charge on any atom is 0.352 e. The molecule has 152 valence electrons. The van der Waals surface area contributed by atoms with Crippen LogP contribution in [-0.4, -0.2) is 20.3 Å². The Morgan fingerprint density at radius 2 is 1.93 bits per heavy atom. The fourth-order valence-corrected chi connectivity index (χ4v) is 2.80. The zero-order chi connectivity index (χ0) is 22.0. The number of amides is 1. The van der Waals surface area contributed by atoms with E-state index in [2.05, 4.69) is 10.4 Å². The van der Waals surface area contributed by atoms with Gasteiger partial charge in [0.1, 0.15) is 17.7 Å². The van der Waals surface area contributed by atoms with E-state index >= 15 is 0 Å². The van der Waals surface area contributed by atoms with E-state index in [1.165, 1.54) is 25.1 Å². The van der Waals surface area contributed by atoms with Crippen molar-refractivity contribution >= 4 is 23.2 Å². The summed E-state index contributed by atoms with van der Waals surface area (Å²) in [5.41, 5.74) is -2.90. The van der Waals surface area contributed by atoms with Crippen LogP contribution in [0.1, 0.15) is 18.2 Å². The largest absolute Gasteiger partial charge is 0.352 e. The summed E-state index contributed by atoms with van der Waals surface area (Å²) in [6.07, 6.45) is 0. The first-order valence-corrected chi connectivity index (χ1v) is 8.74. The average Bonchev–Trinajstić information content (AvgIpc) is 2.68. The first-order chi connectivity index (χ1) is 14.2. The number of nitriles is 1. The van der Waals surface area contributed by atoms with Crippen molar-refractivity contribution in [3.05, 3.63) is 85.2 Å². The Balaban J connectivity index is 2.19. The van der Waals surface area contributed by atoms with Crippen molar-refractivity contribution < 1.29 is 13.6 Å². The number of hydrogen-bond donors (Lipinski definition) is 1. The smallest absolute Gasteiger partial charge is 0.324 e. The van der Waals surface area contributed by atoms with E-state index in [1.807, 2.05) is 0 Å². The Morgan fingerprint density at radius 1 is 1.20 bits per heavy atom. The van der Waals surface area contributed by atoms with Crippen LogP contribution < -0.4 is 16.6 Å². The number of nitrogens with zero attached hydrogens (tertiary/aromatic N) is 4. The minimum Gasteiger partial charge on any atom is -0.324 e. The molecule has 30 heavy (non-hydrogen) atoms. The van der Waals surface area contributed by atoms with Crippen LogP contribution in [-0.2, 0) is 11.3 Å². The van der Waals surface area contributed by atoms with Gasteiger partial charge in [-0.2, -0.15) is 9.94 Å². The normalized spacial score (nSPS) is 10.5. The summed E-state index contributed by atoms with van der Waals surface area (Å²) in [5, 5.41) is 15.3. The second-order valence-electron chi connectivity index (χ2n) is 6.13. The van der Waals surface area contributed by atoms with Crippen molar-refractivity contribution in [2.24, 2.45) is 0 Å². The van der Waals surface area contributed by atoms with Crippen molar-refractivity contribution in [1.29, 1.82) is 5.26 Å². The van der Waals surface area contributed by atoms with Gasteiger partial charge in [0, 0.05) is 17.5 Å². The number of anilines is 1. The summed E-state index contributed by atoms with van der Waals surface area (Å²) in [7, 11) is 0. The van der Waals surface area contributed by atoms with Gasteiger partial charge < -0.3 is 5.32 Å².